The minimum Gasteiger partial charge on any atom is -0.457 e. The number of para-hydroxylation sites is 1. The zero-order chi connectivity index (χ0) is 26.0. The highest BCUT2D eigenvalue weighted by atomic mass is 19.1. The summed E-state index contributed by atoms with van der Waals surface area (Å²) in [5, 5.41) is 5.26. The molecule has 0 radical (unpaired) electrons. The molecule has 0 aliphatic heterocycles. The summed E-state index contributed by atoms with van der Waals surface area (Å²) in [4.78, 5) is 27.0. The van der Waals surface area contributed by atoms with Crippen molar-refractivity contribution in [2.75, 3.05) is 23.3 Å². The summed E-state index contributed by atoms with van der Waals surface area (Å²) >= 11 is 0. The number of nitrogens with zero attached hydrogens (tertiary/aromatic N) is 1. The smallest absolute Gasteiger partial charge is 0.319 e. The minimum absolute atomic E-state index is 0.267. The van der Waals surface area contributed by atoms with E-state index in [9.17, 15) is 18.4 Å². The van der Waals surface area contributed by atoms with Crippen molar-refractivity contribution in [1.82, 2.24) is 5.32 Å². The Bertz CT molecular complexity index is 1330. The van der Waals surface area contributed by atoms with Gasteiger partial charge in [-0.3, -0.25) is 4.79 Å². The number of halogens is 2. The molecule has 6 nitrogen and oxygen atoms in total. The van der Waals surface area contributed by atoms with E-state index in [1.54, 1.807) is 35.2 Å². The number of amides is 3. The lowest BCUT2D eigenvalue weighted by molar-refractivity contribution is 0.0986. The van der Waals surface area contributed by atoms with Crippen LogP contribution in [0.1, 0.15) is 16.8 Å². The minimum atomic E-state index is -0.482. The monoisotopic (exact) mass is 501 g/mol. The van der Waals surface area contributed by atoms with Gasteiger partial charge in [-0.1, -0.05) is 24.3 Å². The van der Waals surface area contributed by atoms with Gasteiger partial charge in [0, 0.05) is 30.0 Å². The van der Waals surface area contributed by atoms with Crippen LogP contribution < -0.4 is 20.3 Å². The molecule has 188 valence electrons. The lowest BCUT2D eigenvalue weighted by Crippen LogP contribution is -2.35. The fourth-order valence-electron chi connectivity index (χ4n) is 3.60. The van der Waals surface area contributed by atoms with E-state index in [1.165, 1.54) is 42.5 Å². The standard InChI is InChI=1S/C29H25F2N3O3/c30-22-12-10-21(11-13-22)28(35)34(19-5-18-32-29(36)33-24-7-4-6-23(31)20-24)25-14-16-27(17-15-25)37-26-8-2-1-3-9-26/h1-4,6-17,20H,5,18-19H2,(H2,32,33,36). The van der Waals surface area contributed by atoms with Gasteiger partial charge in [0.25, 0.3) is 5.91 Å². The van der Waals surface area contributed by atoms with Crippen molar-refractivity contribution in [3.05, 3.63) is 120 Å². The first-order valence-electron chi connectivity index (χ1n) is 11.7. The average Bonchev–Trinajstić information content (AvgIpc) is 2.90. The van der Waals surface area contributed by atoms with Crippen LogP contribution in [0.4, 0.5) is 25.0 Å². The van der Waals surface area contributed by atoms with Crippen LogP contribution in [-0.2, 0) is 0 Å². The van der Waals surface area contributed by atoms with Crippen molar-refractivity contribution in [2.45, 2.75) is 6.42 Å². The van der Waals surface area contributed by atoms with E-state index < -0.39 is 17.7 Å². The van der Waals surface area contributed by atoms with Crippen molar-refractivity contribution in [3.63, 3.8) is 0 Å². The third kappa shape index (κ3) is 7.38. The lowest BCUT2D eigenvalue weighted by Gasteiger charge is -2.23. The molecule has 0 bridgehead atoms. The molecule has 8 heteroatoms. The number of carbonyl (C=O) groups is 2. The molecule has 4 rings (SSSR count). The van der Waals surface area contributed by atoms with Gasteiger partial charge in [0.1, 0.15) is 23.1 Å². The number of ether oxygens (including phenoxy) is 1. The molecule has 0 aliphatic rings. The van der Waals surface area contributed by atoms with Crippen LogP contribution in [-0.4, -0.2) is 25.0 Å². The van der Waals surface area contributed by atoms with Gasteiger partial charge >= 0.3 is 6.03 Å². The summed E-state index contributed by atoms with van der Waals surface area (Å²) in [6.07, 6.45) is 0.436. The van der Waals surface area contributed by atoms with Crippen molar-refractivity contribution in [2.24, 2.45) is 0 Å². The number of anilines is 2. The SMILES string of the molecule is O=C(NCCCN(C(=O)c1ccc(F)cc1)c1ccc(Oc2ccccc2)cc1)Nc1cccc(F)c1. The van der Waals surface area contributed by atoms with Crippen molar-refractivity contribution < 1.29 is 23.1 Å². The van der Waals surface area contributed by atoms with E-state index in [4.69, 9.17) is 4.74 Å². The van der Waals surface area contributed by atoms with Gasteiger partial charge in [-0.05, 0) is 85.3 Å². The summed E-state index contributed by atoms with van der Waals surface area (Å²) in [6.45, 7) is 0.554. The largest absolute Gasteiger partial charge is 0.457 e. The predicted molar refractivity (Wildman–Crippen MR) is 139 cm³/mol. The maximum Gasteiger partial charge on any atom is 0.319 e. The highest BCUT2D eigenvalue weighted by molar-refractivity contribution is 6.06. The molecule has 2 N–H and O–H groups in total. The third-order valence-electron chi connectivity index (χ3n) is 5.39. The lowest BCUT2D eigenvalue weighted by atomic mass is 10.1. The van der Waals surface area contributed by atoms with E-state index in [2.05, 4.69) is 10.6 Å². The topological polar surface area (TPSA) is 70.7 Å². The van der Waals surface area contributed by atoms with Gasteiger partial charge in [0.2, 0.25) is 0 Å². The molecule has 0 aromatic heterocycles. The predicted octanol–water partition coefficient (Wildman–Crippen LogP) is 6.62. The molecule has 0 unspecified atom stereocenters. The molecule has 4 aromatic carbocycles. The first-order valence-corrected chi connectivity index (χ1v) is 11.7. The van der Waals surface area contributed by atoms with Crippen LogP contribution in [0, 0.1) is 11.6 Å². The second kappa shape index (κ2) is 12.3. The summed E-state index contributed by atoms with van der Waals surface area (Å²) in [5.41, 5.74) is 1.30. The Morgan fingerprint density at radius 1 is 0.757 bits per heavy atom. The zero-order valence-corrected chi connectivity index (χ0v) is 19.9. The normalized spacial score (nSPS) is 10.4. The van der Waals surface area contributed by atoms with Crippen molar-refractivity contribution in [1.29, 1.82) is 0 Å². The Labute approximate surface area is 213 Å². The van der Waals surface area contributed by atoms with Crippen LogP contribution >= 0.6 is 0 Å². The molecular weight excluding hydrogens is 476 g/mol. The van der Waals surface area contributed by atoms with Crippen LogP contribution in [0.2, 0.25) is 0 Å². The van der Waals surface area contributed by atoms with Crippen LogP contribution in [0.3, 0.4) is 0 Å². The Kier molecular flexibility index (Phi) is 8.44. The fourth-order valence-corrected chi connectivity index (χ4v) is 3.60. The van der Waals surface area contributed by atoms with Gasteiger partial charge in [-0.2, -0.15) is 0 Å². The van der Waals surface area contributed by atoms with Gasteiger partial charge in [-0.15, -0.1) is 0 Å². The molecule has 3 amide bonds. The van der Waals surface area contributed by atoms with Gasteiger partial charge in [-0.25, -0.2) is 13.6 Å². The maximum atomic E-state index is 13.4. The fraction of sp³-hybridized carbons (Fsp3) is 0.103. The first kappa shape index (κ1) is 25.4. The summed E-state index contributed by atoms with van der Waals surface area (Å²) < 4.78 is 32.5. The number of rotatable bonds is 9. The first-order chi connectivity index (χ1) is 18.0. The maximum absolute atomic E-state index is 13.4. The Balaban J connectivity index is 1.41. The van der Waals surface area contributed by atoms with E-state index in [0.717, 1.165) is 0 Å². The molecule has 0 heterocycles. The molecule has 0 saturated heterocycles. The number of urea groups is 1. The Hall–Kier alpha value is -4.72. The molecule has 0 atom stereocenters. The highest BCUT2D eigenvalue weighted by Crippen LogP contribution is 2.25. The molecule has 0 saturated carbocycles. The number of hydrogen-bond donors (Lipinski definition) is 2. The Morgan fingerprint density at radius 3 is 2.16 bits per heavy atom. The molecule has 0 fully saturated rings. The van der Waals surface area contributed by atoms with Gasteiger partial charge < -0.3 is 20.3 Å². The number of nitrogens with one attached hydrogen (secondary N) is 2. The summed E-state index contributed by atoms with van der Waals surface area (Å²) in [5.74, 6) is 0.116. The van der Waals surface area contributed by atoms with E-state index in [-0.39, 0.29) is 19.0 Å². The van der Waals surface area contributed by atoms with E-state index in [0.29, 0.717) is 34.9 Å². The molecule has 0 spiro atoms. The second-order valence-electron chi connectivity index (χ2n) is 8.12. The zero-order valence-electron chi connectivity index (χ0n) is 19.9. The van der Waals surface area contributed by atoms with Crippen molar-refractivity contribution in [3.8, 4) is 11.5 Å². The summed E-state index contributed by atoms with van der Waals surface area (Å²) in [6, 6.07) is 26.8. The van der Waals surface area contributed by atoms with Crippen LogP contribution in [0.15, 0.2) is 103 Å². The van der Waals surface area contributed by atoms with E-state index >= 15 is 0 Å². The quantitative estimate of drug-likeness (QED) is 0.253. The number of benzene rings is 4. The summed E-state index contributed by atoms with van der Waals surface area (Å²) in [7, 11) is 0. The molecular formula is C29H25F2N3O3. The second-order valence-corrected chi connectivity index (χ2v) is 8.12. The number of carbonyl (C=O) groups excluding carboxylic acids is 2. The number of hydrogen-bond acceptors (Lipinski definition) is 3. The van der Waals surface area contributed by atoms with Gasteiger partial charge in [0.15, 0.2) is 0 Å². The highest BCUT2D eigenvalue weighted by Gasteiger charge is 2.18. The third-order valence-corrected chi connectivity index (χ3v) is 5.39. The molecule has 0 aliphatic carbocycles. The molecule has 37 heavy (non-hydrogen) atoms. The van der Waals surface area contributed by atoms with Gasteiger partial charge in [0.05, 0.1) is 0 Å². The van der Waals surface area contributed by atoms with Crippen LogP contribution in [0.5, 0.6) is 11.5 Å². The average molecular weight is 502 g/mol. The van der Waals surface area contributed by atoms with E-state index in [1.807, 2.05) is 30.3 Å². The Morgan fingerprint density at radius 2 is 1.46 bits per heavy atom. The van der Waals surface area contributed by atoms with Crippen molar-refractivity contribution >= 4 is 23.3 Å². The van der Waals surface area contributed by atoms with Crippen LogP contribution in [0.25, 0.3) is 0 Å². The molecule has 4 aromatic rings.